The Labute approximate surface area is 181 Å². The molecule has 3 aromatic rings. The first-order chi connectivity index (χ1) is 14.1. The molecule has 3 rings (SSSR count). The van der Waals surface area contributed by atoms with Crippen LogP contribution in [0.2, 0.25) is 0 Å². The van der Waals surface area contributed by atoms with E-state index < -0.39 is 20.0 Å². The van der Waals surface area contributed by atoms with Crippen LogP contribution >= 0.6 is 11.8 Å². The molecule has 0 aliphatic heterocycles. The molecular weight excluding hydrogens is 440 g/mol. The first kappa shape index (κ1) is 22.2. The molecule has 6 nitrogen and oxygen atoms in total. The molecule has 0 saturated carbocycles. The average molecular weight is 463 g/mol. The molecule has 158 valence electrons. The highest BCUT2D eigenvalue weighted by Crippen LogP contribution is 2.24. The molecule has 0 unspecified atom stereocenters. The van der Waals surface area contributed by atoms with Crippen LogP contribution in [0, 0.1) is 13.8 Å². The molecule has 0 bridgehead atoms. The van der Waals surface area contributed by atoms with E-state index >= 15 is 0 Å². The Kier molecular flexibility index (Phi) is 6.44. The topological polar surface area (TPSA) is 92.3 Å². The summed E-state index contributed by atoms with van der Waals surface area (Å²) in [6.45, 7) is 3.70. The van der Waals surface area contributed by atoms with Gasteiger partial charge in [-0.05, 0) is 85.8 Å². The van der Waals surface area contributed by atoms with Gasteiger partial charge in [0.15, 0.2) is 0 Å². The molecule has 0 atom stereocenters. The molecule has 0 saturated heterocycles. The largest absolute Gasteiger partial charge is 0.280 e. The number of hydrogen-bond donors (Lipinski definition) is 2. The third-order valence-electron chi connectivity index (χ3n) is 4.42. The van der Waals surface area contributed by atoms with Gasteiger partial charge in [0.2, 0.25) is 0 Å². The van der Waals surface area contributed by atoms with E-state index in [9.17, 15) is 16.8 Å². The molecule has 0 radical (unpaired) electrons. The number of anilines is 2. The third-order valence-corrected chi connectivity index (χ3v) is 7.95. The normalized spacial score (nSPS) is 11.8. The van der Waals surface area contributed by atoms with Crippen LogP contribution in [0.1, 0.15) is 11.1 Å². The summed E-state index contributed by atoms with van der Waals surface area (Å²) in [4.78, 5) is 1.13. The molecule has 0 aromatic heterocycles. The number of nitrogens with one attached hydrogen (secondary N) is 2. The van der Waals surface area contributed by atoms with Crippen LogP contribution in [0.25, 0.3) is 0 Å². The first-order valence-corrected chi connectivity index (χ1v) is 13.2. The minimum atomic E-state index is -3.80. The van der Waals surface area contributed by atoms with E-state index in [4.69, 9.17) is 0 Å². The van der Waals surface area contributed by atoms with Crippen molar-refractivity contribution in [2.45, 2.75) is 28.5 Å². The van der Waals surface area contributed by atoms with E-state index in [1.54, 1.807) is 18.2 Å². The molecule has 0 amide bonds. The van der Waals surface area contributed by atoms with Crippen LogP contribution in [0.5, 0.6) is 0 Å². The highest BCUT2D eigenvalue weighted by molar-refractivity contribution is 7.98. The Balaban J connectivity index is 1.79. The van der Waals surface area contributed by atoms with Crippen molar-refractivity contribution in [2.75, 3.05) is 15.7 Å². The Bertz CT molecular complexity index is 1250. The maximum atomic E-state index is 12.7. The van der Waals surface area contributed by atoms with Crippen molar-refractivity contribution in [3.05, 3.63) is 77.9 Å². The summed E-state index contributed by atoms with van der Waals surface area (Å²) in [7, 11) is -7.57. The fourth-order valence-corrected chi connectivity index (χ4v) is 5.31. The van der Waals surface area contributed by atoms with E-state index in [0.717, 1.165) is 16.0 Å². The standard InChI is InChI=1S/C21H22N2O4S3/c1-15-4-5-16(2)21(14-15)23-30(26,27)19-10-6-17(7-11-19)22-29(24,25)20-12-8-18(28-3)9-13-20/h4-14,22-23H,1-3H3. The fraction of sp³-hybridized carbons (Fsp3) is 0.143. The number of hydrogen-bond acceptors (Lipinski definition) is 5. The summed E-state index contributed by atoms with van der Waals surface area (Å²) >= 11 is 1.52. The van der Waals surface area contributed by atoms with E-state index in [1.807, 2.05) is 32.2 Å². The van der Waals surface area contributed by atoms with Gasteiger partial charge in [-0.3, -0.25) is 9.44 Å². The van der Waals surface area contributed by atoms with Gasteiger partial charge >= 0.3 is 0 Å². The van der Waals surface area contributed by atoms with Gasteiger partial charge in [0.05, 0.1) is 15.5 Å². The molecule has 2 N–H and O–H groups in total. The Morgan fingerprint density at radius 3 is 1.80 bits per heavy atom. The SMILES string of the molecule is CSc1ccc(S(=O)(=O)Nc2ccc(S(=O)(=O)Nc3cc(C)ccc3C)cc2)cc1. The second-order valence-electron chi connectivity index (χ2n) is 6.73. The van der Waals surface area contributed by atoms with Gasteiger partial charge < -0.3 is 0 Å². The van der Waals surface area contributed by atoms with E-state index in [1.165, 1.54) is 48.2 Å². The lowest BCUT2D eigenvalue weighted by Gasteiger charge is -2.12. The van der Waals surface area contributed by atoms with Crippen LogP contribution in [0.3, 0.4) is 0 Å². The van der Waals surface area contributed by atoms with Gasteiger partial charge in [-0.15, -0.1) is 11.8 Å². The second-order valence-corrected chi connectivity index (χ2v) is 11.0. The maximum Gasteiger partial charge on any atom is 0.261 e. The summed E-state index contributed by atoms with van der Waals surface area (Å²) in [5.74, 6) is 0. The van der Waals surface area contributed by atoms with Crippen molar-refractivity contribution in [1.29, 1.82) is 0 Å². The minimum Gasteiger partial charge on any atom is -0.280 e. The molecule has 9 heteroatoms. The molecule has 0 fully saturated rings. The molecule has 3 aromatic carbocycles. The second kappa shape index (κ2) is 8.71. The summed E-state index contributed by atoms with van der Waals surface area (Å²) in [5, 5.41) is 0. The van der Waals surface area contributed by atoms with Crippen molar-refractivity contribution in [3.8, 4) is 0 Å². The zero-order chi connectivity index (χ0) is 21.9. The van der Waals surface area contributed by atoms with Crippen LogP contribution in [0.4, 0.5) is 11.4 Å². The maximum absolute atomic E-state index is 12.7. The van der Waals surface area contributed by atoms with Gasteiger partial charge in [-0.2, -0.15) is 0 Å². The van der Waals surface area contributed by atoms with Gasteiger partial charge in [0, 0.05) is 10.6 Å². The lowest BCUT2D eigenvalue weighted by atomic mass is 10.1. The molecule has 30 heavy (non-hydrogen) atoms. The van der Waals surface area contributed by atoms with Gasteiger partial charge in [0.25, 0.3) is 20.0 Å². The number of thioether (sulfide) groups is 1. The lowest BCUT2D eigenvalue weighted by Crippen LogP contribution is -2.15. The summed E-state index contributed by atoms with van der Waals surface area (Å²) < 4.78 is 55.5. The Morgan fingerprint density at radius 1 is 0.700 bits per heavy atom. The fourth-order valence-electron chi connectivity index (χ4n) is 2.72. The average Bonchev–Trinajstić information content (AvgIpc) is 2.71. The molecule has 0 aliphatic rings. The summed E-state index contributed by atoms with van der Waals surface area (Å²) in [5.41, 5.74) is 2.53. The number of rotatable bonds is 7. The van der Waals surface area contributed by atoms with Gasteiger partial charge in [0.1, 0.15) is 0 Å². The smallest absolute Gasteiger partial charge is 0.261 e. The summed E-state index contributed by atoms with van der Waals surface area (Å²) in [6.07, 6.45) is 1.91. The molecule has 0 spiro atoms. The predicted octanol–water partition coefficient (Wildman–Crippen LogP) is 4.63. The highest BCUT2D eigenvalue weighted by Gasteiger charge is 2.17. The Hall–Kier alpha value is -2.49. The number of aryl methyl sites for hydroxylation is 2. The molecular formula is C21H22N2O4S3. The first-order valence-electron chi connectivity index (χ1n) is 8.98. The monoisotopic (exact) mass is 462 g/mol. The van der Waals surface area contributed by atoms with E-state index in [-0.39, 0.29) is 15.5 Å². The quantitative estimate of drug-likeness (QED) is 0.500. The zero-order valence-corrected chi connectivity index (χ0v) is 19.2. The minimum absolute atomic E-state index is 0.0377. The van der Waals surface area contributed by atoms with Crippen molar-refractivity contribution < 1.29 is 16.8 Å². The van der Waals surface area contributed by atoms with Crippen LogP contribution < -0.4 is 9.44 Å². The van der Waals surface area contributed by atoms with Crippen molar-refractivity contribution in [3.63, 3.8) is 0 Å². The Morgan fingerprint density at radius 2 is 1.23 bits per heavy atom. The number of sulfonamides is 2. The molecule has 0 heterocycles. The predicted molar refractivity (Wildman–Crippen MR) is 122 cm³/mol. The van der Waals surface area contributed by atoms with Crippen molar-refractivity contribution in [1.82, 2.24) is 0 Å². The number of benzene rings is 3. The van der Waals surface area contributed by atoms with Crippen LogP contribution in [-0.2, 0) is 20.0 Å². The highest BCUT2D eigenvalue weighted by atomic mass is 32.2. The lowest BCUT2D eigenvalue weighted by molar-refractivity contribution is 0.600. The van der Waals surface area contributed by atoms with E-state index in [0.29, 0.717) is 5.69 Å². The van der Waals surface area contributed by atoms with Crippen LogP contribution in [0.15, 0.2) is 81.4 Å². The van der Waals surface area contributed by atoms with Gasteiger partial charge in [-0.25, -0.2) is 16.8 Å². The van der Waals surface area contributed by atoms with Crippen molar-refractivity contribution >= 4 is 43.2 Å². The van der Waals surface area contributed by atoms with Crippen molar-refractivity contribution in [2.24, 2.45) is 0 Å². The third kappa shape index (κ3) is 5.16. The zero-order valence-electron chi connectivity index (χ0n) is 16.7. The van der Waals surface area contributed by atoms with Gasteiger partial charge in [-0.1, -0.05) is 12.1 Å². The van der Waals surface area contributed by atoms with Crippen LogP contribution in [-0.4, -0.2) is 23.1 Å². The van der Waals surface area contributed by atoms with E-state index in [2.05, 4.69) is 9.44 Å². The molecule has 0 aliphatic carbocycles. The summed E-state index contributed by atoms with van der Waals surface area (Å²) in [6, 6.07) is 17.6.